The predicted octanol–water partition coefficient (Wildman–Crippen LogP) is 4.06. The summed E-state index contributed by atoms with van der Waals surface area (Å²) in [5.74, 6) is 0. The molecule has 4 nitrogen and oxygen atoms in total. The van der Waals surface area contributed by atoms with Crippen LogP contribution in [0.4, 0.5) is 5.13 Å². The van der Waals surface area contributed by atoms with Crippen LogP contribution >= 0.6 is 22.9 Å². The second-order valence-corrected chi connectivity index (χ2v) is 7.62. The van der Waals surface area contributed by atoms with Crippen molar-refractivity contribution in [2.75, 3.05) is 4.72 Å². The van der Waals surface area contributed by atoms with Crippen molar-refractivity contribution in [1.29, 1.82) is 0 Å². The maximum absolute atomic E-state index is 12.4. The lowest BCUT2D eigenvalue weighted by Crippen LogP contribution is -2.13. The van der Waals surface area contributed by atoms with Crippen molar-refractivity contribution in [1.82, 2.24) is 4.98 Å². The molecule has 1 N–H and O–H groups in total. The summed E-state index contributed by atoms with van der Waals surface area (Å²) in [5.41, 5.74) is 1.40. The second kappa shape index (κ2) is 5.29. The third kappa shape index (κ3) is 2.88. The van der Waals surface area contributed by atoms with Crippen molar-refractivity contribution in [2.24, 2.45) is 0 Å². The van der Waals surface area contributed by atoms with Gasteiger partial charge in [-0.3, -0.25) is 4.72 Å². The number of benzene rings is 2. The Balaban J connectivity index is 1.99. The topological polar surface area (TPSA) is 59.1 Å². The van der Waals surface area contributed by atoms with E-state index in [9.17, 15) is 8.42 Å². The number of aryl methyl sites for hydroxylation is 1. The number of nitrogens with one attached hydrogen (secondary N) is 1. The molecule has 0 spiro atoms. The van der Waals surface area contributed by atoms with E-state index in [0.717, 1.165) is 4.70 Å². The Kier molecular flexibility index (Phi) is 3.61. The number of fused-ring (bicyclic) bond motifs is 1. The molecule has 0 saturated carbocycles. The van der Waals surface area contributed by atoms with Gasteiger partial charge in [-0.25, -0.2) is 13.4 Å². The van der Waals surface area contributed by atoms with Gasteiger partial charge in [0, 0.05) is 5.02 Å². The fourth-order valence-electron chi connectivity index (χ4n) is 1.97. The van der Waals surface area contributed by atoms with Crippen molar-refractivity contribution < 1.29 is 8.42 Å². The van der Waals surface area contributed by atoms with Crippen LogP contribution in [0.25, 0.3) is 10.2 Å². The first kappa shape index (κ1) is 14.3. The molecule has 0 aliphatic carbocycles. The van der Waals surface area contributed by atoms with Gasteiger partial charge in [0.05, 0.1) is 15.1 Å². The highest BCUT2D eigenvalue weighted by molar-refractivity contribution is 7.93. The number of halogens is 1. The normalized spacial score (nSPS) is 11.7. The molecule has 108 valence electrons. The van der Waals surface area contributed by atoms with Gasteiger partial charge >= 0.3 is 0 Å². The summed E-state index contributed by atoms with van der Waals surface area (Å²) in [6, 6.07) is 12.1. The van der Waals surface area contributed by atoms with Gasteiger partial charge in [-0.1, -0.05) is 41.1 Å². The molecule has 1 aromatic heterocycles. The zero-order valence-corrected chi connectivity index (χ0v) is 13.4. The number of hydrogen-bond donors (Lipinski definition) is 1. The summed E-state index contributed by atoms with van der Waals surface area (Å²) in [6.07, 6.45) is 0. The number of rotatable bonds is 3. The SMILES string of the molecule is Cc1ccccc1S(=O)(=O)Nc1nc2ccc(Cl)cc2s1. The standard InChI is InChI=1S/C14H11ClN2O2S2/c1-9-4-2-3-5-13(9)21(18,19)17-14-16-11-7-6-10(15)8-12(11)20-14/h2-8H,1H3,(H,16,17). The minimum Gasteiger partial charge on any atom is -0.255 e. The largest absolute Gasteiger partial charge is 0.263 e. The van der Waals surface area contributed by atoms with Crippen molar-refractivity contribution in [2.45, 2.75) is 11.8 Å². The molecular weight excluding hydrogens is 328 g/mol. The number of sulfonamides is 1. The molecule has 0 aliphatic heterocycles. The number of nitrogens with zero attached hydrogens (tertiary/aromatic N) is 1. The van der Waals surface area contributed by atoms with Gasteiger partial charge in [0.25, 0.3) is 10.0 Å². The van der Waals surface area contributed by atoms with Crippen molar-refractivity contribution >= 4 is 48.3 Å². The Hall–Kier alpha value is -1.63. The zero-order valence-electron chi connectivity index (χ0n) is 11.0. The molecule has 7 heteroatoms. The summed E-state index contributed by atoms with van der Waals surface area (Å²) in [5, 5.41) is 0.926. The maximum atomic E-state index is 12.4. The second-order valence-electron chi connectivity index (χ2n) is 4.50. The molecule has 21 heavy (non-hydrogen) atoms. The van der Waals surface area contributed by atoms with Gasteiger partial charge in [0.2, 0.25) is 0 Å². The summed E-state index contributed by atoms with van der Waals surface area (Å²) >= 11 is 7.17. The Labute approximate surface area is 131 Å². The van der Waals surface area contributed by atoms with E-state index in [1.54, 1.807) is 49.4 Å². The van der Waals surface area contributed by atoms with Gasteiger partial charge in [-0.15, -0.1) is 0 Å². The molecule has 0 unspecified atom stereocenters. The Morgan fingerprint density at radius 1 is 1.19 bits per heavy atom. The minimum atomic E-state index is -3.64. The summed E-state index contributed by atoms with van der Waals surface area (Å²) in [7, 11) is -3.64. The molecule has 0 amide bonds. The molecule has 1 heterocycles. The molecule has 0 aliphatic rings. The van der Waals surface area contributed by atoms with Crippen LogP contribution in [0.3, 0.4) is 0 Å². The molecule has 3 aromatic rings. The van der Waals surface area contributed by atoms with Gasteiger partial charge < -0.3 is 0 Å². The molecular formula is C14H11ClN2O2S2. The van der Waals surface area contributed by atoms with E-state index in [2.05, 4.69) is 9.71 Å². The number of thiazole rings is 1. The van der Waals surface area contributed by atoms with Gasteiger partial charge in [-0.2, -0.15) is 0 Å². The number of hydrogen-bond acceptors (Lipinski definition) is 4. The molecule has 0 bridgehead atoms. The van der Waals surface area contributed by atoms with Crippen LogP contribution in [0.15, 0.2) is 47.4 Å². The van der Waals surface area contributed by atoms with E-state index in [4.69, 9.17) is 11.6 Å². The monoisotopic (exact) mass is 338 g/mol. The molecule has 0 radical (unpaired) electrons. The quantitative estimate of drug-likeness (QED) is 0.783. The van der Waals surface area contributed by atoms with Crippen molar-refractivity contribution in [3.63, 3.8) is 0 Å². The fraction of sp³-hybridized carbons (Fsp3) is 0.0714. The van der Waals surface area contributed by atoms with E-state index in [0.29, 0.717) is 21.2 Å². The van der Waals surface area contributed by atoms with Crippen LogP contribution in [0.2, 0.25) is 5.02 Å². The minimum absolute atomic E-state index is 0.252. The Morgan fingerprint density at radius 2 is 1.95 bits per heavy atom. The average molecular weight is 339 g/mol. The van der Waals surface area contributed by atoms with E-state index in [1.807, 2.05) is 0 Å². The molecule has 2 aromatic carbocycles. The van der Waals surface area contributed by atoms with Crippen LogP contribution in [-0.4, -0.2) is 13.4 Å². The van der Waals surface area contributed by atoms with Gasteiger partial charge in [0.1, 0.15) is 0 Å². The van der Waals surface area contributed by atoms with Gasteiger partial charge in [-0.05, 0) is 36.8 Å². The highest BCUT2D eigenvalue weighted by Crippen LogP contribution is 2.30. The van der Waals surface area contributed by atoms with Crippen molar-refractivity contribution in [3.05, 3.63) is 53.1 Å². The molecule has 0 saturated heterocycles. The molecule has 0 atom stereocenters. The van der Waals surface area contributed by atoms with E-state index < -0.39 is 10.0 Å². The average Bonchev–Trinajstić information content (AvgIpc) is 2.79. The van der Waals surface area contributed by atoms with Crippen LogP contribution < -0.4 is 4.72 Å². The lowest BCUT2D eigenvalue weighted by molar-refractivity contribution is 0.600. The number of anilines is 1. The number of aromatic nitrogens is 1. The Bertz CT molecular complexity index is 920. The van der Waals surface area contributed by atoms with Crippen LogP contribution in [0.5, 0.6) is 0 Å². The lowest BCUT2D eigenvalue weighted by atomic mass is 10.2. The van der Waals surface area contributed by atoms with E-state index in [-0.39, 0.29) is 4.90 Å². The lowest BCUT2D eigenvalue weighted by Gasteiger charge is -2.07. The highest BCUT2D eigenvalue weighted by Gasteiger charge is 2.18. The first-order chi connectivity index (χ1) is 9.95. The summed E-state index contributed by atoms with van der Waals surface area (Å²) in [4.78, 5) is 4.52. The first-order valence-corrected chi connectivity index (χ1v) is 8.78. The smallest absolute Gasteiger partial charge is 0.255 e. The molecule has 0 fully saturated rings. The van der Waals surface area contributed by atoms with Crippen LogP contribution in [0, 0.1) is 6.92 Å². The van der Waals surface area contributed by atoms with Gasteiger partial charge in [0.15, 0.2) is 5.13 Å². The van der Waals surface area contributed by atoms with E-state index >= 15 is 0 Å². The Morgan fingerprint density at radius 3 is 2.71 bits per heavy atom. The fourth-order valence-corrected chi connectivity index (χ4v) is 4.59. The third-order valence-corrected chi connectivity index (χ3v) is 5.75. The first-order valence-electron chi connectivity index (χ1n) is 6.10. The summed E-state index contributed by atoms with van der Waals surface area (Å²) in [6.45, 7) is 1.76. The maximum Gasteiger partial charge on any atom is 0.263 e. The van der Waals surface area contributed by atoms with Crippen LogP contribution in [-0.2, 0) is 10.0 Å². The van der Waals surface area contributed by atoms with Crippen LogP contribution in [0.1, 0.15) is 5.56 Å². The zero-order chi connectivity index (χ0) is 15.0. The third-order valence-electron chi connectivity index (χ3n) is 2.96. The predicted molar refractivity (Wildman–Crippen MR) is 86.6 cm³/mol. The summed E-state index contributed by atoms with van der Waals surface area (Å²) < 4.78 is 28.2. The van der Waals surface area contributed by atoms with Crippen molar-refractivity contribution in [3.8, 4) is 0 Å². The van der Waals surface area contributed by atoms with E-state index in [1.165, 1.54) is 11.3 Å². The molecule has 3 rings (SSSR count). The highest BCUT2D eigenvalue weighted by atomic mass is 35.5.